The van der Waals surface area contributed by atoms with Gasteiger partial charge in [-0.25, -0.2) is 0 Å². The average Bonchev–Trinajstić information content (AvgIpc) is 2.19. The summed E-state index contributed by atoms with van der Waals surface area (Å²) in [5, 5.41) is 45.9. The summed E-state index contributed by atoms with van der Waals surface area (Å²) in [6.45, 7) is -0.622. The first-order valence-corrected chi connectivity index (χ1v) is 4.30. The number of rotatable bonds is 2. The van der Waals surface area contributed by atoms with Crippen molar-refractivity contribution in [2.24, 2.45) is 0 Å². The predicted octanol–water partition coefficient (Wildman–Crippen LogP) is -4.61. The van der Waals surface area contributed by atoms with E-state index in [1.54, 1.807) is 0 Å². The van der Waals surface area contributed by atoms with Crippen LogP contribution in [0.2, 0.25) is 0 Å². The molecule has 1 fully saturated rings. The average molecular weight is 210 g/mol. The molecule has 1 aliphatic heterocycles. The summed E-state index contributed by atoms with van der Waals surface area (Å²) in [4.78, 5) is 0. The molecule has 84 valence electrons. The molecule has 7 nitrogen and oxygen atoms in total. The van der Waals surface area contributed by atoms with Crippen LogP contribution in [0.4, 0.5) is 0 Å². The van der Waals surface area contributed by atoms with Crippen LogP contribution in [-0.2, 0) is 4.74 Å². The van der Waals surface area contributed by atoms with Gasteiger partial charge in [0.1, 0.15) is 24.4 Å². The van der Waals surface area contributed by atoms with Gasteiger partial charge in [-0.1, -0.05) is 0 Å². The van der Waals surface area contributed by atoms with E-state index in [-0.39, 0.29) is 0 Å². The molecule has 0 radical (unpaired) electrons. The van der Waals surface area contributed by atoms with Crippen LogP contribution in [0.1, 0.15) is 0 Å². The quantitative estimate of drug-likeness (QED) is 0.271. The van der Waals surface area contributed by atoms with Crippen molar-refractivity contribution in [1.82, 2.24) is 0 Å². The van der Waals surface area contributed by atoms with Crippen LogP contribution in [0.3, 0.4) is 0 Å². The number of aliphatic hydroxyl groups is 5. The Morgan fingerprint density at radius 1 is 1.21 bits per heavy atom. The third-order valence-electron chi connectivity index (χ3n) is 2.35. The Balaban J connectivity index is 2.70. The van der Waals surface area contributed by atoms with Gasteiger partial charge in [-0.05, 0) is 0 Å². The highest BCUT2D eigenvalue weighted by Crippen LogP contribution is 2.19. The third-order valence-corrected chi connectivity index (χ3v) is 2.35. The van der Waals surface area contributed by atoms with Crippen molar-refractivity contribution >= 4 is 0 Å². The van der Waals surface area contributed by atoms with Crippen molar-refractivity contribution < 1.29 is 36.0 Å². The first-order chi connectivity index (χ1) is 6.49. The SMILES string of the molecule is [NH3+][C@H]1[C@H](O)[C@@H](O)[C@H]([C@H](O)CO)O[C@@H]1O. The second-order valence-electron chi connectivity index (χ2n) is 3.39. The van der Waals surface area contributed by atoms with Gasteiger partial charge < -0.3 is 36.0 Å². The fourth-order valence-corrected chi connectivity index (χ4v) is 1.38. The van der Waals surface area contributed by atoms with Gasteiger partial charge in [0.05, 0.1) is 6.61 Å². The summed E-state index contributed by atoms with van der Waals surface area (Å²) in [5.74, 6) is 0. The van der Waals surface area contributed by atoms with Crippen LogP contribution >= 0.6 is 0 Å². The van der Waals surface area contributed by atoms with Gasteiger partial charge in [-0.15, -0.1) is 0 Å². The molecule has 0 aliphatic carbocycles. The van der Waals surface area contributed by atoms with Crippen LogP contribution in [0.5, 0.6) is 0 Å². The molecule has 0 aromatic carbocycles. The molecule has 1 saturated heterocycles. The zero-order valence-electron chi connectivity index (χ0n) is 7.52. The first kappa shape index (κ1) is 11.8. The van der Waals surface area contributed by atoms with E-state index in [0.717, 1.165) is 0 Å². The molecule has 1 rings (SSSR count). The second-order valence-corrected chi connectivity index (χ2v) is 3.39. The van der Waals surface area contributed by atoms with Gasteiger partial charge in [0.2, 0.25) is 6.29 Å². The summed E-state index contributed by atoms with van der Waals surface area (Å²) in [6.07, 6.45) is -6.57. The van der Waals surface area contributed by atoms with Crippen molar-refractivity contribution in [1.29, 1.82) is 0 Å². The van der Waals surface area contributed by atoms with Crippen molar-refractivity contribution in [2.45, 2.75) is 36.7 Å². The lowest BCUT2D eigenvalue weighted by molar-refractivity contribution is -0.499. The van der Waals surface area contributed by atoms with E-state index < -0.39 is 43.4 Å². The minimum Gasteiger partial charge on any atom is -0.394 e. The van der Waals surface area contributed by atoms with Crippen molar-refractivity contribution in [3.05, 3.63) is 0 Å². The smallest absolute Gasteiger partial charge is 0.211 e. The lowest BCUT2D eigenvalue weighted by atomic mass is 9.94. The third kappa shape index (κ3) is 2.04. The zero-order chi connectivity index (χ0) is 10.9. The van der Waals surface area contributed by atoms with Crippen molar-refractivity contribution in [2.75, 3.05) is 6.61 Å². The number of ether oxygens (including phenoxy) is 1. The monoisotopic (exact) mass is 210 g/mol. The molecule has 0 amide bonds. The largest absolute Gasteiger partial charge is 0.394 e. The molecule has 1 heterocycles. The minimum absolute atomic E-state index is 0.622. The maximum atomic E-state index is 9.43. The van der Waals surface area contributed by atoms with Gasteiger partial charge >= 0.3 is 0 Å². The molecular weight excluding hydrogens is 194 g/mol. The molecule has 0 bridgehead atoms. The van der Waals surface area contributed by atoms with Gasteiger partial charge in [0.15, 0.2) is 6.04 Å². The van der Waals surface area contributed by atoms with Crippen LogP contribution in [0.25, 0.3) is 0 Å². The Bertz CT molecular complexity index is 191. The second kappa shape index (κ2) is 4.49. The Morgan fingerprint density at radius 2 is 1.79 bits per heavy atom. The Hall–Kier alpha value is -0.280. The minimum atomic E-state index is -1.37. The molecule has 0 unspecified atom stereocenters. The highest BCUT2D eigenvalue weighted by molar-refractivity contribution is 4.90. The molecule has 14 heavy (non-hydrogen) atoms. The molecular formula is C7H16NO6+. The van der Waals surface area contributed by atoms with E-state index in [2.05, 4.69) is 5.73 Å². The van der Waals surface area contributed by atoms with Crippen LogP contribution in [0.15, 0.2) is 0 Å². The van der Waals surface area contributed by atoms with E-state index in [4.69, 9.17) is 9.84 Å². The molecule has 0 spiro atoms. The van der Waals surface area contributed by atoms with Gasteiger partial charge in [0.25, 0.3) is 0 Å². The molecule has 7 heteroatoms. The highest BCUT2D eigenvalue weighted by atomic mass is 16.6. The predicted molar refractivity (Wildman–Crippen MR) is 42.7 cm³/mol. The number of aliphatic hydroxyl groups excluding tert-OH is 5. The van der Waals surface area contributed by atoms with E-state index in [9.17, 15) is 20.4 Å². The summed E-state index contributed by atoms with van der Waals surface area (Å²) in [7, 11) is 0. The molecule has 0 saturated carbocycles. The molecule has 0 aromatic rings. The standard InChI is InChI=1S/C7H15NO6/c8-3-4(11)5(12)6(2(10)1-9)14-7(3)13/h2-7,9-13H,1,8H2/p+1/t2-,3+,4+,5-,6+,7+/m1/s1. The lowest BCUT2D eigenvalue weighted by Crippen LogP contribution is -2.78. The number of hydrogen-bond donors (Lipinski definition) is 6. The lowest BCUT2D eigenvalue weighted by Gasteiger charge is -2.38. The Kier molecular flexibility index (Phi) is 3.78. The molecule has 1 aliphatic rings. The topological polar surface area (TPSA) is 138 Å². The van der Waals surface area contributed by atoms with E-state index in [0.29, 0.717) is 0 Å². The number of quaternary nitrogens is 1. The van der Waals surface area contributed by atoms with E-state index in [1.165, 1.54) is 0 Å². The summed E-state index contributed by atoms with van der Waals surface area (Å²) < 4.78 is 4.81. The molecule has 8 N–H and O–H groups in total. The van der Waals surface area contributed by atoms with Gasteiger partial charge in [-0.2, -0.15) is 0 Å². The summed E-state index contributed by atoms with van der Waals surface area (Å²) in [6, 6.07) is -0.882. The van der Waals surface area contributed by atoms with E-state index in [1.807, 2.05) is 0 Å². The summed E-state index contributed by atoms with van der Waals surface area (Å²) in [5.41, 5.74) is 3.40. The van der Waals surface area contributed by atoms with Crippen LogP contribution < -0.4 is 5.73 Å². The fourth-order valence-electron chi connectivity index (χ4n) is 1.38. The fraction of sp³-hybridized carbons (Fsp3) is 1.00. The molecule has 6 atom stereocenters. The van der Waals surface area contributed by atoms with Crippen molar-refractivity contribution in [3.8, 4) is 0 Å². The van der Waals surface area contributed by atoms with Crippen LogP contribution in [-0.4, -0.2) is 68.9 Å². The maximum Gasteiger partial charge on any atom is 0.211 e. The Morgan fingerprint density at radius 3 is 2.29 bits per heavy atom. The Labute approximate surface area is 80.3 Å². The highest BCUT2D eigenvalue weighted by Gasteiger charge is 2.46. The van der Waals surface area contributed by atoms with Crippen molar-refractivity contribution in [3.63, 3.8) is 0 Å². The zero-order valence-corrected chi connectivity index (χ0v) is 7.52. The van der Waals surface area contributed by atoms with Crippen LogP contribution in [0, 0.1) is 0 Å². The normalized spacial score (nSPS) is 46.3. The van der Waals surface area contributed by atoms with Gasteiger partial charge in [-0.3, -0.25) is 0 Å². The summed E-state index contributed by atoms with van der Waals surface area (Å²) >= 11 is 0. The van der Waals surface area contributed by atoms with E-state index >= 15 is 0 Å². The number of hydrogen-bond acceptors (Lipinski definition) is 6. The first-order valence-electron chi connectivity index (χ1n) is 4.30. The molecule has 0 aromatic heterocycles. The maximum absolute atomic E-state index is 9.43. The van der Waals surface area contributed by atoms with Gasteiger partial charge in [0, 0.05) is 0 Å².